The highest BCUT2D eigenvalue weighted by atomic mass is 31.2. The van der Waals surface area contributed by atoms with Gasteiger partial charge in [-0.1, -0.05) is 18.2 Å². The first-order valence-electron chi connectivity index (χ1n) is 11.0. The Hall–Kier alpha value is -3.36. The van der Waals surface area contributed by atoms with Crippen LogP contribution in [0.1, 0.15) is 20.1 Å². The summed E-state index contributed by atoms with van der Waals surface area (Å²) in [6.45, 7) is 1.74. The van der Waals surface area contributed by atoms with Crippen molar-refractivity contribution in [2.24, 2.45) is 0 Å². The number of carboxylic acid groups (broad SMARTS) is 1. The minimum absolute atomic E-state index is 0.0675. The van der Waals surface area contributed by atoms with Gasteiger partial charge in [0.15, 0.2) is 23.1 Å². The second kappa shape index (κ2) is 10.2. The molecule has 1 aliphatic heterocycles. The Balaban J connectivity index is 1.58. The van der Waals surface area contributed by atoms with E-state index in [-0.39, 0.29) is 28.7 Å². The maximum Gasteiger partial charge on any atom is 0.459 e. The van der Waals surface area contributed by atoms with E-state index >= 15 is 4.39 Å². The van der Waals surface area contributed by atoms with Crippen molar-refractivity contribution in [2.75, 3.05) is 19.5 Å². The molecule has 3 aromatic rings. The summed E-state index contributed by atoms with van der Waals surface area (Å²) in [5.41, 5.74) is 3.63. The van der Waals surface area contributed by atoms with Crippen LogP contribution in [0.15, 0.2) is 36.7 Å². The predicted molar refractivity (Wildman–Crippen MR) is 127 cm³/mol. The molecule has 0 bridgehead atoms. The minimum Gasteiger partial charge on any atom is -0.480 e. The molecular weight excluding hydrogens is 514 g/mol. The summed E-state index contributed by atoms with van der Waals surface area (Å²) in [6.07, 6.45) is -3.30. The van der Waals surface area contributed by atoms with Crippen LogP contribution in [-0.2, 0) is 18.6 Å². The lowest BCUT2D eigenvalue weighted by Gasteiger charge is -2.25. The molecule has 2 unspecified atom stereocenters. The van der Waals surface area contributed by atoms with Gasteiger partial charge in [0, 0.05) is 0 Å². The van der Waals surface area contributed by atoms with E-state index in [1.807, 2.05) is 0 Å². The number of rotatable bonds is 10. The third-order valence-electron chi connectivity index (χ3n) is 5.67. The number of halogens is 1. The first kappa shape index (κ1) is 26.7. The highest BCUT2D eigenvalue weighted by Crippen LogP contribution is 2.48. The average molecular weight is 540 g/mol. The molecule has 5 N–H and O–H groups in total. The van der Waals surface area contributed by atoms with E-state index in [0.29, 0.717) is 0 Å². The number of fused-ring (bicyclic) bond motifs is 1. The van der Waals surface area contributed by atoms with E-state index in [9.17, 15) is 19.6 Å². The molecule has 3 heterocycles. The molecule has 0 spiro atoms. The number of carboxylic acids is 1. The number of nitrogens with one attached hydrogen (secondary N) is 1. The zero-order valence-electron chi connectivity index (χ0n) is 20.0. The Kier molecular flexibility index (Phi) is 7.35. The van der Waals surface area contributed by atoms with Crippen molar-refractivity contribution in [1.29, 1.82) is 0 Å². The van der Waals surface area contributed by atoms with Crippen LogP contribution in [-0.4, -0.2) is 73.3 Å². The van der Waals surface area contributed by atoms with E-state index in [4.69, 9.17) is 24.3 Å². The molecule has 200 valence electrons. The molecular formula is C21H26FN6O8P. The lowest BCUT2D eigenvalue weighted by atomic mass is 9.98. The number of carbonyl (C=O) groups is 1. The fourth-order valence-corrected chi connectivity index (χ4v) is 5.25. The molecule has 16 heteroatoms. The van der Waals surface area contributed by atoms with E-state index in [1.54, 1.807) is 18.2 Å². The van der Waals surface area contributed by atoms with Gasteiger partial charge in [0.05, 0.1) is 20.0 Å². The van der Waals surface area contributed by atoms with Gasteiger partial charge in [-0.25, -0.2) is 13.9 Å². The number of benzene rings is 1. The summed E-state index contributed by atoms with van der Waals surface area (Å²) in [5.74, 6) is -1.26. The standard InChI is InChI=1S/C21H26FN6O8P/c1-11(18(30)31)27-37(32,36-12-7-5-4-6-8-12)34-9-13-15(29)21(2,22)19(35-13)28-10-24-14-16(28)25-20(23)26-17(14)33-3/h4-8,10-11,13,15,19,29H,9H2,1-3H3,(H,27,32)(H,30,31)(H2,23,25,26)/t11?,13-,15-,19-,21-,37?/m1/s1. The van der Waals surface area contributed by atoms with Crippen LogP contribution in [0.2, 0.25) is 0 Å². The third-order valence-corrected chi connectivity index (χ3v) is 7.31. The molecule has 37 heavy (non-hydrogen) atoms. The molecule has 1 fully saturated rings. The van der Waals surface area contributed by atoms with Crippen molar-refractivity contribution >= 4 is 30.8 Å². The number of aliphatic hydroxyl groups is 1. The monoisotopic (exact) mass is 540 g/mol. The van der Waals surface area contributed by atoms with E-state index in [0.717, 1.165) is 6.92 Å². The lowest BCUT2D eigenvalue weighted by molar-refractivity contribution is -0.138. The Bertz CT molecular complexity index is 1330. The molecule has 14 nitrogen and oxygen atoms in total. The maximum atomic E-state index is 15.8. The van der Waals surface area contributed by atoms with Gasteiger partial charge in [-0.15, -0.1) is 0 Å². The van der Waals surface area contributed by atoms with Crippen LogP contribution in [0, 0.1) is 0 Å². The van der Waals surface area contributed by atoms with Gasteiger partial charge in [-0.3, -0.25) is 13.9 Å². The second-order valence-electron chi connectivity index (χ2n) is 8.42. The first-order valence-corrected chi connectivity index (χ1v) is 12.6. The predicted octanol–water partition coefficient (Wildman–Crippen LogP) is 1.67. The summed E-state index contributed by atoms with van der Waals surface area (Å²) in [7, 11) is -2.97. The average Bonchev–Trinajstić information content (AvgIpc) is 3.35. The maximum absolute atomic E-state index is 15.8. The fraction of sp³-hybridized carbons (Fsp3) is 0.429. The van der Waals surface area contributed by atoms with Gasteiger partial charge >= 0.3 is 13.7 Å². The normalized spacial score (nSPS) is 26.0. The topological polar surface area (TPSA) is 193 Å². The summed E-state index contributed by atoms with van der Waals surface area (Å²) < 4.78 is 52.2. The quantitative estimate of drug-likeness (QED) is 0.272. The van der Waals surface area contributed by atoms with Crippen LogP contribution in [0.25, 0.3) is 11.2 Å². The number of nitrogens with two attached hydrogens (primary N) is 1. The van der Waals surface area contributed by atoms with Crippen LogP contribution in [0.4, 0.5) is 10.3 Å². The number of aliphatic hydroxyl groups excluding tert-OH is 1. The highest BCUT2D eigenvalue weighted by molar-refractivity contribution is 7.52. The molecule has 1 aliphatic rings. The van der Waals surface area contributed by atoms with Crippen LogP contribution in [0.5, 0.6) is 11.6 Å². The number of para-hydroxylation sites is 1. The van der Waals surface area contributed by atoms with Crippen molar-refractivity contribution in [3.05, 3.63) is 36.7 Å². The van der Waals surface area contributed by atoms with Crippen molar-refractivity contribution in [3.63, 3.8) is 0 Å². The summed E-state index contributed by atoms with van der Waals surface area (Å²) in [5, 5.41) is 22.3. The van der Waals surface area contributed by atoms with E-state index in [1.165, 1.54) is 37.1 Å². The number of aliphatic carboxylic acids is 1. The molecule has 0 radical (unpaired) electrons. The van der Waals surface area contributed by atoms with E-state index < -0.39 is 50.5 Å². The number of ether oxygens (including phenoxy) is 2. The van der Waals surface area contributed by atoms with Crippen molar-refractivity contribution < 1.29 is 42.5 Å². The molecule has 2 aromatic heterocycles. The van der Waals surface area contributed by atoms with Crippen molar-refractivity contribution in [3.8, 4) is 11.6 Å². The Morgan fingerprint density at radius 1 is 1.38 bits per heavy atom. The number of anilines is 1. The highest BCUT2D eigenvalue weighted by Gasteiger charge is 2.56. The summed E-state index contributed by atoms with van der Waals surface area (Å²) in [4.78, 5) is 23.5. The number of methoxy groups -OCH3 is 1. The van der Waals surface area contributed by atoms with Crippen LogP contribution in [0.3, 0.4) is 0 Å². The molecule has 4 rings (SSSR count). The number of hydrogen-bond donors (Lipinski definition) is 4. The zero-order chi connectivity index (χ0) is 27.0. The summed E-state index contributed by atoms with van der Waals surface area (Å²) >= 11 is 0. The Morgan fingerprint density at radius 2 is 2.08 bits per heavy atom. The number of alkyl halides is 1. The van der Waals surface area contributed by atoms with Gasteiger partial charge in [-0.05, 0) is 26.0 Å². The zero-order valence-corrected chi connectivity index (χ0v) is 20.9. The van der Waals surface area contributed by atoms with Gasteiger partial charge in [-0.2, -0.15) is 15.1 Å². The largest absolute Gasteiger partial charge is 0.480 e. The number of hydrogen-bond acceptors (Lipinski definition) is 11. The number of nitrogens with zero attached hydrogens (tertiary/aromatic N) is 4. The fourth-order valence-electron chi connectivity index (χ4n) is 3.75. The Labute approximate surface area is 210 Å². The molecule has 1 saturated heterocycles. The lowest BCUT2D eigenvalue weighted by Crippen LogP contribution is -2.41. The second-order valence-corrected chi connectivity index (χ2v) is 10.1. The SMILES string of the molecule is COc1nc(N)nc2c1ncn2[C@@H]1O[C@H](COP(=O)(NC(C)C(=O)O)Oc2ccccc2)[C@@H](O)[C@@]1(C)F. The first-order chi connectivity index (χ1) is 17.4. The van der Waals surface area contributed by atoms with Gasteiger partial charge in [0.2, 0.25) is 11.8 Å². The van der Waals surface area contributed by atoms with Crippen molar-refractivity contribution in [2.45, 2.75) is 44.0 Å². The van der Waals surface area contributed by atoms with E-state index in [2.05, 4.69) is 20.0 Å². The summed E-state index contributed by atoms with van der Waals surface area (Å²) in [6, 6.07) is 6.59. The van der Waals surface area contributed by atoms with Crippen LogP contribution >= 0.6 is 7.75 Å². The van der Waals surface area contributed by atoms with Crippen molar-refractivity contribution in [1.82, 2.24) is 24.6 Å². The number of aromatic nitrogens is 4. The van der Waals surface area contributed by atoms with Gasteiger partial charge < -0.3 is 29.9 Å². The third kappa shape index (κ3) is 5.36. The molecule has 0 aliphatic carbocycles. The molecule has 6 atom stereocenters. The number of nitrogen functional groups attached to an aromatic ring is 1. The minimum atomic E-state index is -4.33. The van der Waals surface area contributed by atoms with Gasteiger partial charge in [0.25, 0.3) is 0 Å². The molecule has 0 saturated carbocycles. The number of imidazole rings is 1. The van der Waals surface area contributed by atoms with Crippen LogP contribution < -0.4 is 20.1 Å². The molecule has 1 aromatic carbocycles. The smallest absolute Gasteiger partial charge is 0.459 e. The van der Waals surface area contributed by atoms with Gasteiger partial charge in [0.1, 0.15) is 24.0 Å². The Morgan fingerprint density at radius 3 is 2.73 bits per heavy atom. The molecule has 0 amide bonds.